The third-order valence-electron chi connectivity index (χ3n) is 4.35. The van der Waals surface area contributed by atoms with E-state index in [0.717, 1.165) is 16.1 Å². The first-order chi connectivity index (χ1) is 14.0. The number of hydrogen-bond donors (Lipinski definition) is 0. The zero-order chi connectivity index (χ0) is 21.0. The van der Waals surface area contributed by atoms with Crippen molar-refractivity contribution in [2.24, 2.45) is 0 Å². The normalized spacial score (nSPS) is 10.5. The number of nitrogens with zero attached hydrogens (tertiary/aromatic N) is 2. The number of hydrogen-bond acceptors (Lipinski definition) is 6. The van der Waals surface area contributed by atoms with Crippen LogP contribution >= 0.6 is 22.9 Å². The number of rotatable bonds is 7. The van der Waals surface area contributed by atoms with E-state index in [-0.39, 0.29) is 5.91 Å². The predicted molar refractivity (Wildman–Crippen MR) is 114 cm³/mol. The van der Waals surface area contributed by atoms with Gasteiger partial charge in [0.25, 0.3) is 5.91 Å². The van der Waals surface area contributed by atoms with Crippen LogP contribution in [0.2, 0.25) is 5.02 Å². The van der Waals surface area contributed by atoms with E-state index in [9.17, 15) is 4.79 Å². The quantitative estimate of drug-likeness (QED) is 0.538. The van der Waals surface area contributed by atoms with Gasteiger partial charge in [0, 0.05) is 35.1 Å². The summed E-state index contributed by atoms with van der Waals surface area (Å²) >= 11 is 7.35. The maximum Gasteiger partial charge on any atom is 0.273 e. The summed E-state index contributed by atoms with van der Waals surface area (Å²) in [5, 5.41) is 3.18. The number of methoxy groups -OCH3 is 3. The lowest BCUT2D eigenvalue weighted by Gasteiger charge is -2.20. The Morgan fingerprint density at radius 2 is 1.72 bits per heavy atom. The summed E-state index contributed by atoms with van der Waals surface area (Å²) in [7, 11) is 6.39. The lowest BCUT2D eigenvalue weighted by atomic mass is 10.1. The van der Waals surface area contributed by atoms with Crippen LogP contribution in [0.15, 0.2) is 41.8 Å². The van der Waals surface area contributed by atoms with Crippen molar-refractivity contribution in [2.45, 2.75) is 6.54 Å². The van der Waals surface area contributed by atoms with E-state index in [1.54, 1.807) is 56.9 Å². The molecule has 0 saturated carbocycles. The Labute approximate surface area is 178 Å². The van der Waals surface area contributed by atoms with Gasteiger partial charge in [-0.1, -0.05) is 23.7 Å². The molecule has 0 fully saturated rings. The molecule has 0 N–H and O–H groups in total. The predicted octanol–water partition coefficient (Wildman–Crippen LogP) is 4.76. The Hall–Kier alpha value is -2.77. The van der Waals surface area contributed by atoms with Crippen molar-refractivity contribution in [2.75, 3.05) is 28.4 Å². The van der Waals surface area contributed by atoms with Crippen molar-refractivity contribution in [3.63, 3.8) is 0 Å². The van der Waals surface area contributed by atoms with Gasteiger partial charge in [0.05, 0.1) is 21.3 Å². The second-order valence-electron chi connectivity index (χ2n) is 6.20. The number of benzene rings is 2. The van der Waals surface area contributed by atoms with Gasteiger partial charge in [-0.05, 0) is 24.3 Å². The first-order valence-electron chi connectivity index (χ1n) is 8.73. The van der Waals surface area contributed by atoms with Crippen LogP contribution in [0.5, 0.6) is 17.2 Å². The second kappa shape index (κ2) is 9.15. The molecule has 0 spiro atoms. The molecule has 0 atom stereocenters. The second-order valence-corrected chi connectivity index (χ2v) is 7.49. The van der Waals surface area contributed by atoms with Crippen LogP contribution in [0, 0.1) is 0 Å². The lowest BCUT2D eigenvalue weighted by molar-refractivity contribution is 0.0779. The summed E-state index contributed by atoms with van der Waals surface area (Å²) in [5.41, 5.74) is 2.11. The van der Waals surface area contributed by atoms with Gasteiger partial charge in [-0.15, -0.1) is 11.3 Å². The van der Waals surface area contributed by atoms with Gasteiger partial charge in [-0.2, -0.15) is 0 Å². The van der Waals surface area contributed by atoms with E-state index in [1.165, 1.54) is 11.3 Å². The van der Waals surface area contributed by atoms with Crippen molar-refractivity contribution in [1.82, 2.24) is 9.88 Å². The molecule has 152 valence electrons. The minimum Gasteiger partial charge on any atom is -0.493 e. The SMILES string of the molecule is COc1ccc(CN(C)C(=O)c2csc(-c3ccc(Cl)cc3)n2)c(OC)c1OC. The molecule has 0 aliphatic rings. The van der Waals surface area contributed by atoms with Gasteiger partial charge in [0.2, 0.25) is 5.75 Å². The smallest absolute Gasteiger partial charge is 0.273 e. The average molecular weight is 433 g/mol. The highest BCUT2D eigenvalue weighted by atomic mass is 35.5. The topological polar surface area (TPSA) is 60.9 Å². The Balaban J connectivity index is 1.80. The minimum atomic E-state index is -0.182. The van der Waals surface area contributed by atoms with Gasteiger partial charge in [0.1, 0.15) is 10.7 Å². The molecule has 1 amide bonds. The number of carbonyl (C=O) groups is 1. The molecular formula is C21H21ClN2O4S. The summed E-state index contributed by atoms with van der Waals surface area (Å²) in [6, 6.07) is 11.0. The number of ether oxygens (including phenoxy) is 3. The molecule has 1 heterocycles. The van der Waals surface area contributed by atoms with Crippen LogP contribution in [0.25, 0.3) is 10.6 Å². The minimum absolute atomic E-state index is 0.182. The van der Waals surface area contributed by atoms with Crippen LogP contribution in [0.4, 0.5) is 0 Å². The summed E-state index contributed by atoms with van der Waals surface area (Å²) < 4.78 is 16.2. The maximum atomic E-state index is 12.9. The number of carbonyl (C=O) groups excluding carboxylic acids is 1. The van der Waals surface area contributed by atoms with Gasteiger partial charge < -0.3 is 19.1 Å². The number of aromatic nitrogens is 1. The van der Waals surface area contributed by atoms with Crippen LogP contribution in [-0.4, -0.2) is 44.2 Å². The zero-order valence-corrected chi connectivity index (χ0v) is 18.1. The largest absolute Gasteiger partial charge is 0.493 e. The molecule has 1 aromatic heterocycles. The summed E-state index contributed by atoms with van der Waals surface area (Å²) in [4.78, 5) is 18.9. The molecule has 0 bridgehead atoms. The highest BCUT2D eigenvalue weighted by molar-refractivity contribution is 7.13. The third kappa shape index (κ3) is 4.46. The Morgan fingerprint density at radius 1 is 1.03 bits per heavy atom. The number of halogens is 1. The molecule has 0 aliphatic heterocycles. The van der Waals surface area contributed by atoms with Crippen molar-refractivity contribution >= 4 is 28.8 Å². The summed E-state index contributed by atoms with van der Waals surface area (Å²) in [5.74, 6) is 1.41. The van der Waals surface area contributed by atoms with Crippen molar-refractivity contribution in [3.05, 3.63) is 58.1 Å². The van der Waals surface area contributed by atoms with Crippen molar-refractivity contribution < 1.29 is 19.0 Å². The highest BCUT2D eigenvalue weighted by Gasteiger charge is 2.21. The van der Waals surface area contributed by atoms with E-state index >= 15 is 0 Å². The fourth-order valence-electron chi connectivity index (χ4n) is 2.91. The number of amides is 1. The van der Waals surface area contributed by atoms with Crippen molar-refractivity contribution in [3.8, 4) is 27.8 Å². The van der Waals surface area contributed by atoms with Crippen molar-refractivity contribution in [1.29, 1.82) is 0 Å². The van der Waals surface area contributed by atoms with Crippen LogP contribution in [0.3, 0.4) is 0 Å². The standard InChI is InChI=1S/C21H21ClN2O4S/c1-24(11-14-7-10-17(26-2)19(28-4)18(14)27-3)21(25)16-12-29-20(23-16)13-5-8-15(22)9-6-13/h5-10,12H,11H2,1-4H3. The monoisotopic (exact) mass is 432 g/mol. The Bertz CT molecular complexity index is 1000. The molecular weight excluding hydrogens is 412 g/mol. The van der Waals surface area contributed by atoms with E-state index < -0.39 is 0 Å². The first-order valence-corrected chi connectivity index (χ1v) is 9.99. The average Bonchev–Trinajstić information content (AvgIpc) is 3.23. The Morgan fingerprint density at radius 3 is 2.34 bits per heavy atom. The van der Waals surface area contributed by atoms with Crippen LogP contribution in [0.1, 0.15) is 16.1 Å². The summed E-state index contributed by atoms with van der Waals surface area (Å²) in [6.45, 7) is 0.330. The van der Waals surface area contributed by atoms with Gasteiger partial charge in [-0.3, -0.25) is 4.79 Å². The van der Waals surface area contributed by atoms with Gasteiger partial charge >= 0.3 is 0 Å². The van der Waals surface area contributed by atoms with E-state index in [0.29, 0.717) is 34.5 Å². The van der Waals surface area contributed by atoms with Gasteiger partial charge in [-0.25, -0.2) is 4.98 Å². The molecule has 0 aliphatic carbocycles. The van der Waals surface area contributed by atoms with Crippen LogP contribution in [-0.2, 0) is 6.54 Å². The van der Waals surface area contributed by atoms with E-state index in [4.69, 9.17) is 25.8 Å². The molecule has 0 saturated heterocycles. The molecule has 0 radical (unpaired) electrons. The van der Waals surface area contributed by atoms with Gasteiger partial charge in [0.15, 0.2) is 11.5 Å². The van der Waals surface area contributed by atoms with E-state index in [1.807, 2.05) is 18.2 Å². The zero-order valence-electron chi connectivity index (χ0n) is 16.6. The maximum absolute atomic E-state index is 12.9. The van der Waals surface area contributed by atoms with Crippen LogP contribution < -0.4 is 14.2 Å². The molecule has 6 nitrogen and oxygen atoms in total. The molecule has 2 aromatic carbocycles. The molecule has 3 aromatic rings. The van der Waals surface area contributed by atoms with E-state index in [2.05, 4.69) is 4.98 Å². The lowest BCUT2D eigenvalue weighted by Crippen LogP contribution is -2.26. The fraction of sp³-hybridized carbons (Fsp3) is 0.238. The third-order valence-corrected chi connectivity index (χ3v) is 5.50. The fourth-order valence-corrected chi connectivity index (χ4v) is 3.83. The highest BCUT2D eigenvalue weighted by Crippen LogP contribution is 2.40. The number of thiazole rings is 1. The molecule has 8 heteroatoms. The first kappa shape index (κ1) is 21.0. The summed E-state index contributed by atoms with van der Waals surface area (Å²) in [6.07, 6.45) is 0. The Kier molecular flexibility index (Phi) is 6.61. The molecule has 3 rings (SSSR count). The molecule has 29 heavy (non-hydrogen) atoms. The molecule has 0 unspecified atom stereocenters.